The molecule has 0 radical (unpaired) electrons. The van der Waals surface area contributed by atoms with E-state index < -0.39 is 100 Å². The molecule has 2 aliphatic carbocycles. The van der Waals surface area contributed by atoms with Gasteiger partial charge in [-0.3, -0.25) is 19.2 Å². The van der Waals surface area contributed by atoms with Crippen LogP contribution in [-0.4, -0.2) is 152 Å². The number of ether oxygens (including phenoxy) is 5. The number of allylic oxidation sites excluding steroid dienone is 6. The molecule has 70 heavy (non-hydrogen) atoms. The summed E-state index contributed by atoms with van der Waals surface area (Å²) in [6.45, 7) is 11.0. The number of hydrogen-bond donors (Lipinski definition) is 4. The number of amides is 1. The van der Waals surface area contributed by atoms with Crippen molar-refractivity contribution < 1.29 is 71.4 Å². The van der Waals surface area contributed by atoms with Crippen LogP contribution in [0.5, 0.6) is 0 Å². The Balaban J connectivity index is 1.67. The Morgan fingerprint density at radius 1 is 0.900 bits per heavy atom. The van der Waals surface area contributed by atoms with Crippen LogP contribution < -0.4 is 4.72 Å². The van der Waals surface area contributed by atoms with E-state index in [0.29, 0.717) is 43.3 Å². The number of likely N-dealkylation sites (N-methyl/N-ethyl adjacent to an activating group) is 1. The topological polar surface area (TPSA) is 242 Å². The minimum absolute atomic E-state index is 0.0139. The van der Waals surface area contributed by atoms with E-state index in [-0.39, 0.29) is 61.0 Å². The number of Topliss-reactive ketones (excluding diaryl/α,β-unsaturated/α-hetero) is 3. The van der Waals surface area contributed by atoms with E-state index >= 15 is 0 Å². The summed E-state index contributed by atoms with van der Waals surface area (Å²) in [5.74, 6) is -9.52. The fourth-order valence-electron chi connectivity index (χ4n) is 9.62. The van der Waals surface area contributed by atoms with Gasteiger partial charge in [0.15, 0.2) is 5.78 Å². The summed E-state index contributed by atoms with van der Waals surface area (Å²) >= 11 is 0. The number of aliphatic hydroxyl groups is 3. The van der Waals surface area contributed by atoms with Crippen LogP contribution in [0, 0.1) is 29.6 Å². The second kappa shape index (κ2) is 27.0. The van der Waals surface area contributed by atoms with Crippen molar-refractivity contribution in [3.8, 4) is 0 Å². The van der Waals surface area contributed by atoms with E-state index in [1.54, 1.807) is 72.1 Å². The first-order chi connectivity index (χ1) is 33.0. The van der Waals surface area contributed by atoms with Gasteiger partial charge in [0.2, 0.25) is 15.8 Å². The number of nitrogens with one attached hydrogen (secondary N) is 1. The number of nitrogens with zero attached hydrogens (tertiary/aromatic N) is 1. The molecule has 396 valence electrons. The molecule has 18 heteroatoms. The number of rotatable bonds is 11. The molecule has 0 aromatic rings. The molecule has 4 rings (SSSR count). The molecule has 1 saturated heterocycles. The number of cyclic esters (lactones) is 1. The van der Waals surface area contributed by atoms with Crippen LogP contribution in [0.1, 0.15) is 126 Å². The molecule has 3 fully saturated rings. The average Bonchev–Trinajstić information content (AvgIpc) is 4.14. The fourth-order valence-corrected chi connectivity index (χ4v) is 10.7. The van der Waals surface area contributed by atoms with Gasteiger partial charge in [0, 0.05) is 51.5 Å². The maximum Gasteiger partial charge on any atom is 0.328 e. The van der Waals surface area contributed by atoms with Crippen LogP contribution in [0.25, 0.3) is 0 Å². The first kappa shape index (κ1) is 59.1. The third-order valence-electron chi connectivity index (χ3n) is 14.7. The van der Waals surface area contributed by atoms with Crippen molar-refractivity contribution in [1.82, 2.24) is 9.62 Å². The van der Waals surface area contributed by atoms with Gasteiger partial charge in [-0.2, -0.15) is 0 Å². The van der Waals surface area contributed by atoms with Crippen molar-refractivity contribution >= 4 is 39.2 Å². The lowest BCUT2D eigenvalue weighted by molar-refractivity contribution is -0.263. The third-order valence-corrected chi connectivity index (χ3v) is 16.1. The highest BCUT2D eigenvalue weighted by atomic mass is 32.2. The molecule has 2 bridgehead atoms. The van der Waals surface area contributed by atoms with Crippen molar-refractivity contribution in [3.63, 3.8) is 0 Å². The molecule has 4 N–H and O–H groups in total. The molecule has 1 amide bonds. The molecule has 6 unspecified atom stereocenters. The molecule has 2 aliphatic heterocycles. The summed E-state index contributed by atoms with van der Waals surface area (Å²) in [7, 11) is 0.265. The third kappa shape index (κ3) is 16.5. The lowest BCUT2D eigenvalue weighted by Gasteiger charge is -2.42. The lowest BCUT2D eigenvalue weighted by Crippen LogP contribution is -2.59. The number of esters is 1. The van der Waals surface area contributed by atoms with E-state index in [1.165, 1.54) is 21.1 Å². The highest BCUT2D eigenvalue weighted by molar-refractivity contribution is 7.89. The van der Waals surface area contributed by atoms with Gasteiger partial charge in [-0.25, -0.2) is 17.9 Å². The van der Waals surface area contributed by atoms with Crippen molar-refractivity contribution in [2.45, 2.75) is 186 Å². The molecule has 2 heterocycles. The van der Waals surface area contributed by atoms with Gasteiger partial charge in [0.25, 0.3) is 11.7 Å². The first-order valence-electron chi connectivity index (χ1n) is 25.1. The highest BCUT2D eigenvalue weighted by Gasteiger charge is 2.52. The van der Waals surface area contributed by atoms with Gasteiger partial charge in [-0.15, -0.1) is 0 Å². The Kier molecular flexibility index (Phi) is 22.8. The Hall–Kier alpha value is -3.46. The summed E-state index contributed by atoms with van der Waals surface area (Å²) in [5.41, 5.74) is 0.908. The zero-order valence-corrected chi connectivity index (χ0v) is 43.9. The normalized spacial score (nSPS) is 37.7. The number of methoxy groups -OCH3 is 2. The SMILES string of the molecule is COC1C(=O)C(C)CC/C=C/C=C/C=C(\C)[C@@H](NS(=O)(=O)CCO)C[C@H]2CC[C@H](C)[C@](O)(O2)C(=O)C(=O)N(C)C(C)C(=O)OC([C@H](C)C[C@@H]2CC[C@@H](OC3CC3)[C@H](OC)C2)CC(=O)C(C)/C=C(\C)C1O. The van der Waals surface area contributed by atoms with Gasteiger partial charge in [-0.1, -0.05) is 69.7 Å². The standard InChI is InChI=1S/C52H82N2O15S/c1-31-16-14-12-11-13-15-17-32(2)46(57)48(66-10)47(58)35(5)26-33(3)42(56)30-44(34(4)27-38-19-23-43(45(28-38)65-9)67-39-21-22-39)68-51(61)37(7)54(8)50(60)49(59)52(62)36(6)18-20-40(69-52)29-41(31)53-70(63,64)25-24-55/h11-14,16,26,32-34,36-41,43-45,47-48,53,55,58,62H,15,17-25,27-30H2,1-10H3/b13-11+,14-12+,31-16+,35-26+/t32?,33?,34-,36+,37?,38+,40-,41+,43-,44?,45-,47?,48?,52+/m1/s1. The predicted octanol–water partition coefficient (Wildman–Crippen LogP) is 4.85. The zero-order valence-electron chi connectivity index (χ0n) is 43.0. The van der Waals surface area contributed by atoms with Crippen molar-refractivity contribution in [1.29, 1.82) is 0 Å². The van der Waals surface area contributed by atoms with E-state index in [0.717, 1.165) is 30.6 Å². The molecule has 0 aromatic heterocycles. The summed E-state index contributed by atoms with van der Waals surface area (Å²) in [6.07, 6.45) is 12.4. The van der Waals surface area contributed by atoms with Gasteiger partial charge in [-0.05, 0) is 109 Å². The first-order valence-corrected chi connectivity index (χ1v) is 26.8. The molecule has 4 aliphatic rings. The van der Waals surface area contributed by atoms with E-state index in [4.69, 9.17) is 23.7 Å². The monoisotopic (exact) mass is 1010 g/mol. The van der Waals surface area contributed by atoms with Crippen molar-refractivity contribution in [2.75, 3.05) is 33.6 Å². The van der Waals surface area contributed by atoms with Gasteiger partial charge in [0.1, 0.15) is 30.1 Å². The van der Waals surface area contributed by atoms with Crippen LogP contribution in [0.2, 0.25) is 0 Å². The fraction of sp³-hybridized carbons (Fsp3) is 0.750. The average molecular weight is 1010 g/mol. The van der Waals surface area contributed by atoms with Crippen molar-refractivity contribution in [2.24, 2.45) is 29.6 Å². The van der Waals surface area contributed by atoms with Crippen LogP contribution in [0.15, 0.2) is 47.6 Å². The molecule has 0 aromatic carbocycles. The van der Waals surface area contributed by atoms with Crippen LogP contribution in [-0.2, 0) is 57.7 Å². The maximum atomic E-state index is 14.1. The summed E-state index contributed by atoms with van der Waals surface area (Å²) in [5, 5.41) is 32.7. The predicted molar refractivity (Wildman–Crippen MR) is 262 cm³/mol. The summed E-state index contributed by atoms with van der Waals surface area (Å²) in [6, 6.07) is -2.25. The second-order valence-electron chi connectivity index (χ2n) is 20.4. The van der Waals surface area contributed by atoms with Crippen molar-refractivity contribution in [3.05, 3.63) is 47.6 Å². The van der Waals surface area contributed by atoms with Gasteiger partial charge < -0.3 is 43.9 Å². The summed E-state index contributed by atoms with van der Waals surface area (Å²) < 4.78 is 58.3. The molecule has 17 nitrogen and oxygen atoms in total. The molecule has 0 spiro atoms. The molecule has 2 saturated carbocycles. The number of aliphatic hydroxyl groups excluding tert-OH is 2. The highest BCUT2D eigenvalue weighted by Crippen LogP contribution is 2.38. The Morgan fingerprint density at radius 3 is 2.24 bits per heavy atom. The maximum absolute atomic E-state index is 14.1. The number of sulfonamides is 1. The molecule has 14 atom stereocenters. The Morgan fingerprint density at radius 2 is 1.60 bits per heavy atom. The van der Waals surface area contributed by atoms with E-state index in [9.17, 15) is 47.7 Å². The largest absolute Gasteiger partial charge is 0.460 e. The van der Waals surface area contributed by atoms with E-state index in [1.807, 2.05) is 13.0 Å². The smallest absolute Gasteiger partial charge is 0.328 e. The lowest BCUT2D eigenvalue weighted by atomic mass is 9.78. The minimum atomic E-state index is -3.99. The zero-order chi connectivity index (χ0) is 52.1. The second-order valence-corrected chi connectivity index (χ2v) is 22.2. The number of carbonyl (C=O) groups excluding carboxylic acids is 5. The Labute approximate surface area is 415 Å². The molecular weight excluding hydrogens is 925 g/mol. The number of carbonyl (C=O) groups is 5. The van der Waals surface area contributed by atoms with Crippen LogP contribution in [0.3, 0.4) is 0 Å². The minimum Gasteiger partial charge on any atom is -0.460 e. The van der Waals surface area contributed by atoms with Crippen LogP contribution in [0.4, 0.5) is 0 Å². The summed E-state index contributed by atoms with van der Waals surface area (Å²) in [4.78, 5) is 70.8. The van der Waals surface area contributed by atoms with Gasteiger partial charge >= 0.3 is 5.97 Å². The number of fused-ring (bicyclic) bond motifs is 2. The van der Waals surface area contributed by atoms with E-state index in [2.05, 4.69) is 4.72 Å². The number of hydrogen-bond acceptors (Lipinski definition) is 15. The quantitative estimate of drug-likeness (QED) is 0.123. The molecular formula is C52H82N2O15S. The van der Waals surface area contributed by atoms with Crippen LogP contribution >= 0.6 is 0 Å². The van der Waals surface area contributed by atoms with Gasteiger partial charge in [0.05, 0.1) is 36.8 Å². The number of ketones is 3. The Bertz CT molecular complexity index is 2030.